The molecule has 9 heteroatoms. The first-order chi connectivity index (χ1) is 13.8. The molecule has 0 aliphatic heterocycles. The number of methoxy groups -OCH3 is 1. The average Bonchev–Trinajstić information content (AvgIpc) is 2.70. The molecular formula is C20H16F3N3O3. The Bertz CT molecular complexity index is 975. The first-order valence-electron chi connectivity index (χ1n) is 8.40. The maximum Gasteiger partial charge on any atom is 0.416 e. The summed E-state index contributed by atoms with van der Waals surface area (Å²) in [5.41, 5.74) is 0.787. The van der Waals surface area contributed by atoms with E-state index in [1.807, 2.05) is 0 Å². The second-order valence-corrected chi connectivity index (χ2v) is 5.98. The molecule has 3 aromatic rings. The van der Waals surface area contributed by atoms with Crippen LogP contribution in [0, 0.1) is 0 Å². The van der Waals surface area contributed by atoms with Crippen molar-refractivity contribution in [3.8, 4) is 11.6 Å². The van der Waals surface area contributed by atoms with Gasteiger partial charge in [0.15, 0.2) is 0 Å². The number of rotatable bonds is 6. The van der Waals surface area contributed by atoms with Gasteiger partial charge in [-0.1, -0.05) is 0 Å². The molecule has 0 bridgehead atoms. The molecule has 0 saturated carbocycles. The Balaban J connectivity index is 1.63. The summed E-state index contributed by atoms with van der Waals surface area (Å²) >= 11 is 0. The molecule has 0 spiro atoms. The van der Waals surface area contributed by atoms with Crippen LogP contribution in [0.1, 0.15) is 21.5 Å². The number of alkyl halides is 3. The maximum absolute atomic E-state index is 12.6. The van der Waals surface area contributed by atoms with Gasteiger partial charge in [-0.2, -0.15) is 13.2 Å². The fourth-order valence-corrected chi connectivity index (χ4v) is 2.41. The zero-order valence-corrected chi connectivity index (χ0v) is 15.2. The minimum absolute atomic E-state index is 0.173. The van der Waals surface area contributed by atoms with E-state index < -0.39 is 11.7 Å². The van der Waals surface area contributed by atoms with Gasteiger partial charge < -0.3 is 14.8 Å². The molecule has 0 aliphatic carbocycles. The van der Waals surface area contributed by atoms with Crippen molar-refractivity contribution in [3.05, 3.63) is 77.7 Å². The SMILES string of the molecule is COCc1cncc(C(=O)Nc2ccc(Oc3ccc(C(F)(F)F)cc3)nc2)c1. The van der Waals surface area contributed by atoms with Crippen LogP contribution in [0.25, 0.3) is 0 Å². The van der Waals surface area contributed by atoms with Crippen molar-refractivity contribution < 1.29 is 27.4 Å². The molecule has 1 aromatic carbocycles. The third-order valence-electron chi connectivity index (χ3n) is 3.77. The predicted octanol–water partition coefficient (Wildman–Crippen LogP) is 4.69. The summed E-state index contributed by atoms with van der Waals surface area (Å²) in [5.74, 6) is 0.0171. The number of ether oxygens (including phenoxy) is 2. The van der Waals surface area contributed by atoms with E-state index in [2.05, 4.69) is 15.3 Å². The van der Waals surface area contributed by atoms with Crippen LogP contribution in [0.3, 0.4) is 0 Å². The largest absolute Gasteiger partial charge is 0.439 e. The summed E-state index contributed by atoms with van der Waals surface area (Å²) < 4.78 is 48.2. The normalized spacial score (nSPS) is 11.2. The molecular weight excluding hydrogens is 387 g/mol. The number of nitrogens with one attached hydrogen (secondary N) is 1. The van der Waals surface area contributed by atoms with Gasteiger partial charge in [-0.15, -0.1) is 0 Å². The molecule has 0 atom stereocenters. The predicted molar refractivity (Wildman–Crippen MR) is 98.7 cm³/mol. The van der Waals surface area contributed by atoms with Crippen molar-refractivity contribution in [1.82, 2.24) is 9.97 Å². The van der Waals surface area contributed by atoms with E-state index >= 15 is 0 Å². The summed E-state index contributed by atoms with van der Waals surface area (Å²) in [6.07, 6.45) is 0.0121. The van der Waals surface area contributed by atoms with Gasteiger partial charge in [0.05, 0.1) is 29.6 Å². The number of anilines is 1. The number of halogens is 3. The van der Waals surface area contributed by atoms with Crippen molar-refractivity contribution in [3.63, 3.8) is 0 Å². The van der Waals surface area contributed by atoms with E-state index in [4.69, 9.17) is 9.47 Å². The Morgan fingerprint density at radius 3 is 2.45 bits per heavy atom. The van der Waals surface area contributed by atoms with Crippen LogP contribution in [0.2, 0.25) is 0 Å². The maximum atomic E-state index is 12.6. The number of aromatic nitrogens is 2. The highest BCUT2D eigenvalue weighted by atomic mass is 19.4. The molecule has 150 valence electrons. The second kappa shape index (κ2) is 8.70. The van der Waals surface area contributed by atoms with Gasteiger partial charge >= 0.3 is 6.18 Å². The molecule has 6 nitrogen and oxygen atoms in total. The summed E-state index contributed by atoms with van der Waals surface area (Å²) in [6.45, 7) is 0.339. The summed E-state index contributed by atoms with van der Waals surface area (Å²) in [6, 6.07) is 9.00. The Labute approximate surface area is 164 Å². The van der Waals surface area contributed by atoms with Crippen LogP contribution < -0.4 is 10.1 Å². The number of hydrogen-bond acceptors (Lipinski definition) is 5. The van der Waals surface area contributed by atoms with Crippen LogP contribution in [0.4, 0.5) is 18.9 Å². The van der Waals surface area contributed by atoms with Gasteiger partial charge in [0.2, 0.25) is 5.88 Å². The number of carbonyl (C=O) groups excluding carboxylic acids is 1. The monoisotopic (exact) mass is 403 g/mol. The highest BCUT2D eigenvalue weighted by Gasteiger charge is 2.30. The van der Waals surface area contributed by atoms with E-state index in [0.717, 1.165) is 17.7 Å². The number of pyridine rings is 2. The first kappa shape index (κ1) is 20.3. The lowest BCUT2D eigenvalue weighted by atomic mass is 10.2. The smallest absolute Gasteiger partial charge is 0.416 e. The summed E-state index contributed by atoms with van der Waals surface area (Å²) in [5, 5.41) is 2.68. The summed E-state index contributed by atoms with van der Waals surface area (Å²) in [7, 11) is 1.55. The highest BCUT2D eigenvalue weighted by Crippen LogP contribution is 2.31. The molecule has 29 heavy (non-hydrogen) atoms. The molecule has 0 radical (unpaired) electrons. The van der Waals surface area contributed by atoms with Gasteiger partial charge in [0, 0.05) is 25.6 Å². The Morgan fingerprint density at radius 1 is 1.07 bits per heavy atom. The quantitative estimate of drug-likeness (QED) is 0.647. The van der Waals surface area contributed by atoms with Crippen LogP contribution >= 0.6 is 0 Å². The van der Waals surface area contributed by atoms with Crippen LogP contribution in [0.5, 0.6) is 11.6 Å². The molecule has 1 amide bonds. The van der Waals surface area contributed by atoms with Gasteiger partial charge in [0.1, 0.15) is 5.75 Å². The minimum atomic E-state index is -4.41. The fourth-order valence-electron chi connectivity index (χ4n) is 2.41. The Morgan fingerprint density at radius 2 is 1.83 bits per heavy atom. The van der Waals surface area contributed by atoms with Crippen LogP contribution in [0.15, 0.2) is 61.1 Å². The molecule has 2 aromatic heterocycles. The van der Waals surface area contributed by atoms with Gasteiger partial charge in [-0.3, -0.25) is 9.78 Å². The van der Waals surface area contributed by atoms with Crippen LogP contribution in [-0.4, -0.2) is 23.0 Å². The van der Waals surface area contributed by atoms with E-state index in [1.165, 1.54) is 30.6 Å². The van der Waals surface area contributed by atoms with Crippen molar-refractivity contribution in [2.45, 2.75) is 12.8 Å². The van der Waals surface area contributed by atoms with Gasteiger partial charge in [0.25, 0.3) is 5.91 Å². The third kappa shape index (κ3) is 5.52. The number of nitrogens with zero attached hydrogens (tertiary/aromatic N) is 2. The van der Waals surface area contributed by atoms with Crippen molar-refractivity contribution in [1.29, 1.82) is 0 Å². The zero-order chi connectivity index (χ0) is 20.9. The van der Waals surface area contributed by atoms with Crippen molar-refractivity contribution >= 4 is 11.6 Å². The van der Waals surface area contributed by atoms with Gasteiger partial charge in [-0.05, 0) is 42.0 Å². The Kier molecular flexibility index (Phi) is 6.08. The second-order valence-electron chi connectivity index (χ2n) is 5.98. The van der Waals surface area contributed by atoms with E-state index in [1.54, 1.807) is 25.4 Å². The average molecular weight is 403 g/mol. The molecule has 1 N–H and O–H groups in total. The zero-order valence-electron chi connectivity index (χ0n) is 15.2. The van der Waals surface area contributed by atoms with Crippen molar-refractivity contribution in [2.24, 2.45) is 0 Å². The number of carbonyl (C=O) groups is 1. The van der Waals surface area contributed by atoms with Crippen molar-refractivity contribution in [2.75, 3.05) is 12.4 Å². The number of hydrogen-bond donors (Lipinski definition) is 1. The lowest BCUT2D eigenvalue weighted by molar-refractivity contribution is -0.137. The molecule has 0 aliphatic rings. The fraction of sp³-hybridized carbons (Fsp3) is 0.150. The minimum Gasteiger partial charge on any atom is -0.439 e. The molecule has 3 rings (SSSR count). The van der Waals surface area contributed by atoms with E-state index in [9.17, 15) is 18.0 Å². The Hall–Kier alpha value is -3.46. The first-order valence-corrected chi connectivity index (χ1v) is 8.40. The molecule has 0 saturated heterocycles. The number of benzene rings is 1. The van der Waals surface area contributed by atoms with E-state index in [-0.39, 0.29) is 17.5 Å². The standard InChI is InChI=1S/C20H16F3N3O3/c1-28-12-13-8-14(10-24-9-13)19(27)26-16-4-7-18(25-11-16)29-17-5-2-15(3-6-17)20(21,22)23/h2-11H,12H2,1H3,(H,26,27). The summed E-state index contributed by atoms with van der Waals surface area (Å²) in [4.78, 5) is 20.4. The number of amides is 1. The lowest BCUT2D eigenvalue weighted by Gasteiger charge is -2.09. The van der Waals surface area contributed by atoms with Gasteiger partial charge in [-0.25, -0.2) is 4.98 Å². The van der Waals surface area contributed by atoms with E-state index in [0.29, 0.717) is 17.9 Å². The highest BCUT2D eigenvalue weighted by molar-refractivity contribution is 6.04. The third-order valence-corrected chi connectivity index (χ3v) is 3.77. The molecule has 0 fully saturated rings. The topological polar surface area (TPSA) is 73.3 Å². The molecule has 0 unspecified atom stereocenters. The molecule has 2 heterocycles. The lowest BCUT2D eigenvalue weighted by Crippen LogP contribution is -2.13. The van der Waals surface area contributed by atoms with Crippen LogP contribution in [-0.2, 0) is 17.5 Å².